The Morgan fingerprint density at radius 1 is 1.53 bits per heavy atom. The minimum absolute atomic E-state index is 0.0884. The molecular weight excluding hydrogens is 266 g/mol. The number of pyridine rings is 1. The molecule has 1 atom stereocenters. The van der Waals surface area contributed by atoms with Gasteiger partial charge in [-0.2, -0.15) is 0 Å². The molecule has 0 bridgehead atoms. The number of nitrogens with one attached hydrogen (secondary N) is 2. The van der Waals surface area contributed by atoms with Crippen molar-refractivity contribution >= 4 is 21.4 Å². The number of hydrogen-bond acceptors (Lipinski definition) is 5. The van der Waals surface area contributed by atoms with Crippen LogP contribution in [0.4, 0.5) is 5.69 Å². The first-order chi connectivity index (χ1) is 9.00. The molecule has 0 saturated carbocycles. The predicted octanol–water partition coefficient (Wildman–Crippen LogP) is 0.430. The van der Waals surface area contributed by atoms with Crippen LogP contribution in [0.5, 0.6) is 0 Å². The van der Waals surface area contributed by atoms with Gasteiger partial charge in [-0.25, -0.2) is 8.42 Å². The Hall–Kier alpha value is -1.63. The molecule has 1 aliphatic heterocycles. The highest BCUT2D eigenvalue weighted by Crippen LogP contribution is 2.17. The Bertz CT molecular complexity index is 571. The first kappa shape index (κ1) is 13.8. The summed E-state index contributed by atoms with van der Waals surface area (Å²) < 4.78 is 22.8. The van der Waals surface area contributed by atoms with Crippen molar-refractivity contribution in [1.29, 1.82) is 0 Å². The number of sulfone groups is 1. The lowest BCUT2D eigenvalue weighted by atomic mass is 10.2. The minimum Gasteiger partial charge on any atom is -0.381 e. The van der Waals surface area contributed by atoms with Gasteiger partial charge in [0.05, 0.1) is 11.5 Å². The highest BCUT2D eigenvalue weighted by molar-refractivity contribution is 7.91. The Morgan fingerprint density at radius 2 is 2.32 bits per heavy atom. The van der Waals surface area contributed by atoms with Crippen molar-refractivity contribution in [2.75, 3.05) is 23.4 Å². The van der Waals surface area contributed by atoms with E-state index in [1.807, 2.05) is 6.92 Å². The fraction of sp³-hybridized carbons (Fsp3) is 0.500. The topological polar surface area (TPSA) is 88.2 Å². The molecule has 1 aromatic heterocycles. The van der Waals surface area contributed by atoms with Crippen LogP contribution in [0.1, 0.15) is 23.8 Å². The summed E-state index contributed by atoms with van der Waals surface area (Å²) in [5.74, 6) is 0.135. The number of hydrogen-bond donors (Lipinski definition) is 2. The van der Waals surface area contributed by atoms with Crippen molar-refractivity contribution < 1.29 is 13.2 Å². The lowest BCUT2D eigenvalue weighted by Crippen LogP contribution is -2.24. The van der Waals surface area contributed by atoms with E-state index in [2.05, 4.69) is 15.6 Å². The zero-order chi connectivity index (χ0) is 13.9. The second-order valence-corrected chi connectivity index (χ2v) is 6.76. The molecule has 1 aliphatic rings. The van der Waals surface area contributed by atoms with Crippen LogP contribution in [-0.4, -0.2) is 43.4 Å². The Labute approximate surface area is 112 Å². The van der Waals surface area contributed by atoms with Crippen LogP contribution in [-0.2, 0) is 9.84 Å². The SMILES string of the molecule is CCNC(=O)c1cc(NC2CCS(=O)(=O)C2)ccn1. The molecule has 0 spiro atoms. The van der Waals surface area contributed by atoms with Crippen LogP contribution in [0.2, 0.25) is 0 Å². The molecule has 1 fully saturated rings. The molecule has 7 heteroatoms. The number of anilines is 1. The molecule has 6 nitrogen and oxygen atoms in total. The van der Waals surface area contributed by atoms with E-state index in [0.29, 0.717) is 18.7 Å². The summed E-state index contributed by atoms with van der Waals surface area (Å²) in [7, 11) is -2.91. The first-order valence-electron chi connectivity index (χ1n) is 6.21. The Kier molecular flexibility index (Phi) is 4.04. The largest absolute Gasteiger partial charge is 0.381 e. The third-order valence-corrected chi connectivity index (χ3v) is 4.70. The van der Waals surface area contributed by atoms with Gasteiger partial charge in [0, 0.05) is 24.5 Å². The maximum Gasteiger partial charge on any atom is 0.269 e. The van der Waals surface area contributed by atoms with Crippen LogP contribution in [0, 0.1) is 0 Å². The van der Waals surface area contributed by atoms with Gasteiger partial charge in [0.15, 0.2) is 9.84 Å². The van der Waals surface area contributed by atoms with Crippen LogP contribution in [0.3, 0.4) is 0 Å². The number of carbonyl (C=O) groups excluding carboxylic acids is 1. The molecule has 1 saturated heterocycles. The summed E-state index contributed by atoms with van der Waals surface area (Å²) in [5.41, 5.74) is 1.05. The van der Waals surface area contributed by atoms with Gasteiger partial charge >= 0.3 is 0 Å². The van der Waals surface area contributed by atoms with E-state index < -0.39 is 9.84 Å². The number of carbonyl (C=O) groups is 1. The van der Waals surface area contributed by atoms with Crippen molar-refractivity contribution in [3.05, 3.63) is 24.0 Å². The molecular formula is C12H17N3O3S. The molecule has 2 rings (SSSR count). The third-order valence-electron chi connectivity index (χ3n) is 2.93. The van der Waals surface area contributed by atoms with Crippen LogP contribution in [0.15, 0.2) is 18.3 Å². The van der Waals surface area contributed by atoms with Gasteiger partial charge in [-0.1, -0.05) is 0 Å². The maximum atomic E-state index is 11.6. The van der Waals surface area contributed by atoms with Gasteiger partial charge in [0.2, 0.25) is 0 Å². The summed E-state index contributed by atoms with van der Waals surface area (Å²) in [6, 6.07) is 3.28. The fourth-order valence-corrected chi connectivity index (χ4v) is 3.71. The molecule has 0 aromatic carbocycles. The Morgan fingerprint density at radius 3 is 2.95 bits per heavy atom. The lowest BCUT2D eigenvalue weighted by molar-refractivity contribution is 0.0951. The normalized spacial score (nSPS) is 21.0. The summed E-state index contributed by atoms with van der Waals surface area (Å²) in [4.78, 5) is 15.6. The van der Waals surface area contributed by atoms with Gasteiger partial charge in [-0.05, 0) is 25.5 Å². The second kappa shape index (κ2) is 5.56. The fourth-order valence-electron chi connectivity index (χ4n) is 2.04. The number of nitrogens with zero attached hydrogens (tertiary/aromatic N) is 1. The molecule has 0 radical (unpaired) electrons. The average Bonchev–Trinajstić information content (AvgIpc) is 2.69. The smallest absolute Gasteiger partial charge is 0.269 e. The first-order valence-corrected chi connectivity index (χ1v) is 8.03. The van der Waals surface area contributed by atoms with E-state index in [9.17, 15) is 13.2 Å². The third kappa shape index (κ3) is 3.66. The average molecular weight is 283 g/mol. The zero-order valence-electron chi connectivity index (χ0n) is 10.7. The molecule has 19 heavy (non-hydrogen) atoms. The highest BCUT2D eigenvalue weighted by atomic mass is 32.2. The number of rotatable bonds is 4. The number of amides is 1. The van der Waals surface area contributed by atoms with E-state index in [1.54, 1.807) is 12.1 Å². The zero-order valence-corrected chi connectivity index (χ0v) is 11.5. The summed E-state index contributed by atoms with van der Waals surface area (Å²) in [6.07, 6.45) is 2.14. The van der Waals surface area contributed by atoms with E-state index in [1.165, 1.54) is 6.20 Å². The van der Waals surface area contributed by atoms with Gasteiger partial charge < -0.3 is 10.6 Å². The van der Waals surface area contributed by atoms with Crippen LogP contribution >= 0.6 is 0 Å². The molecule has 0 aliphatic carbocycles. The van der Waals surface area contributed by atoms with Gasteiger partial charge in [0.1, 0.15) is 5.69 Å². The van der Waals surface area contributed by atoms with E-state index in [4.69, 9.17) is 0 Å². The lowest BCUT2D eigenvalue weighted by Gasteiger charge is -2.12. The molecule has 2 N–H and O–H groups in total. The van der Waals surface area contributed by atoms with Crippen molar-refractivity contribution in [2.24, 2.45) is 0 Å². The quantitative estimate of drug-likeness (QED) is 0.836. The minimum atomic E-state index is -2.91. The number of aromatic nitrogens is 1. The summed E-state index contributed by atoms with van der Waals surface area (Å²) in [5, 5.41) is 5.81. The maximum absolute atomic E-state index is 11.6. The van der Waals surface area contributed by atoms with E-state index >= 15 is 0 Å². The second-order valence-electron chi connectivity index (χ2n) is 4.53. The highest BCUT2D eigenvalue weighted by Gasteiger charge is 2.27. The van der Waals surface area contributed by atoms with Gasteiger partial charge in [-0.15, -0.1) is 0 Å². The van der Waals surface area contributed by atoms with Gasteiger partial charge in [0.25, 0.3) is 5.91 Å². The van der Waals surface area contributed by atoms with Crippen molar-refractivity contribution in [3.63, 3.8) is 0 Å². The van der Waals surface area contributed by atoms with E-state index in [0.717, 1.165) is 5.69 Å². The predicted molar refractivity (Wildman–Crippen MR) is 72.9 cm³/mol. The molecule has 1 aromatic rings. The summed E-state index contributed by atoms with van der Waals surface area (Å²) >= 11 is 0. The monoisotopic (exact) mass is 283 g/mol. The molecule has 2 heterocycles. The van der Waals surface area contributed by atoms with Crippen molar-refractivity contribution in [2.45, 2.75) is 19.4 Å². The summed E-state index contributed by atoms with van der Waals surface area (Å²) in [6.45, 7) is 2.38. The standard InChI is InChI=1S/C12H17N3O3S/c1-2-13-12(16)11-7-9(3-5-14-11)15-10-4-6-19(17,18)8-10/h3,5,7,10H,2,4,6,8H2,1H3,(H,13,16)(H,14,15). The Balaban J connectivity index is 2.05. The van der Waals surface area contributed by atoms with E-state index in [-0.39, 0.29) is 23.5 Å². The van der Waals surface area contributed by atoms with Crippen LogP contribution in [0.25, 0.3) is 0 Å². The van der Waals surface area contributed by atoms with Gasteiger partial charge in [-0.3, -0.25) is 9.78 Å². The van der Waals surface area contributed by atoms with Crippen LogP contribution < -0.4 is 10.6 Å². The molecule has 1 unspecified atom stereocenters. The van der Waals surface area contributed by atoms with Crippen molar-refractivity contribution in [1.82, 2.24) is 10.3 Å². The molecule has 1 amide bonds. The molecule has 104 valence electrons. The van der Waals surface area contributed by atoms with Crippen molar-refractivity contribution in [3.8, 4) is 0 Å².